The first-order valence-electron chi connectivity index (χ1n) is 9.23. The molecule has 1 fully saturated rings. The number of anilines is 1. The Morgan fingerprint density at radius 1 is 1.31 bits per heavy atom. The molecule has 1 aromatic rings. The van der Waals surface area contributed by atoms with E-state index in [9.17, 15) is 24.5 Å². The zero-order valence-electron chi connectivity index (χ0n) is 16.8. The molecule has 1 N–H and O–H groups in total. The summed E-state index contributed by atoms with van der Waals surface area (Å²) in [5.74, 6) is -1.34. The number of nitro groups is 1. The van der Waals surface area contributed by atoms with E-state index in [-0.39, 0.29) is 11.4 Å². The zero-order valence-corrected chi connectivity index (χ0v) is 16.8. The van der Waals surface area contributed by atoms with E-state index >= 15 is 0 Å². The summed E-state index contributed by atoms with van der Waals surface area (Å²) in [6.45, 7) is 6.94. The van der Waals surface area contributed by atoms with E-state index in [0.717, 1.165) is 0 Å². The highest BCUT2D eigenvalue weighted by atomic mass is 16.6. The Morgan fingerprint density at radius 3 is 2.62 bits per heavy atom. The van der Waals surface area contributed by atoms with Crippen molar-refractivity contribution < 1.29 is 28.8 Å². The number of ether oxygens (including phenoxy) is 2. The Hall–Kier alpha value is -3.17. The molecule has 0 saturated carbocycles. The second kappa shape index (κ2) is 8.89. The van der Waals surface area contributed by atoms with E-state index < -0.39 is 40.6 Å². The molecule has 1 heterocycles. The third kappa shape index (κ3) is 6.16. The fourth-order valence-electron chi connectivity index (χ4n) is 2.80. The van der Waals surface area contributed by atoms with Gasteiger partial charge in [0.15, 0.2) is 6.10 Å². The molecule has 1 aliphatic heterocycles. The first kappa shape index (κ1) is 22.1. The van der Waals surface area contributed by atoms with Crippen LogP contribution in [0, 0.1) is 10.1 Å². The number of nitro benzene ring substituents is 1. The highest BCUT2D eigenvalue weighted by molar-refractivity contribution is 5.95. The number of rotatable bonds is 5. The minimum atomic E-state index is -1.15. The Bertz CT molecular complexity index is 803. The molecular formula is C19H25N3O7. The molecule has 10 nitrogen and oxygen atoms in total. The number of carbonyl (C=O) groups is 3. The van der Waals surface area contributed by atoms with Gasteiger partial charge in [-0.05, 0) is 46.6 Å². The highest BCUT2D eigenvalue weighted by Gasteiger charge is 2.38. The van der Waals surface area contributed by atoms with E-state index in [0.29, 0.717) is 19.4 Å². The third-order valence-electron chi connectivity index (χ3n) is 4.14. The van der Waals surface area contributed by atoms with Gasteiger partial charge in [0, 0.05) is 24.4 Å². The van der Waals surface area contributed by atoms with Crippen molar-refractivity contribution in [3.8, 4) is 0 Å². The van der Waals surface area contributed by atoms with Gasteiger partial charge in [-0.25, -0.2) is 9.59 Å². The summed E-state index contributed by atoms with van der Waals surface area (Å²) in [5, 5.41) is 13.3. The molecule has 0 unspecified atom stereocenters. The Kier molecular flexibility index (Phi) is 6.78. The highest BCUT2D eigenvalue weighted by Crippen LogP contribution is 2.23. The van der Waals surface area contributed by atoms with Crippen molar-refractivity contribution >= 4 is 29.3 Å². The average molecular weight is 407 g/mol. The van der Waals surface area contributed by atoms with Crippen molar-refractivity contribution in [2.24, 2.45) is 0 Å². The molecule has 2 amide bonds. The summed E-state index contributed by atoms with van der Waals surface area (Å²) in [7, 11) is 0. The van der Waals surface area contributed by atoms with Crippen LogP contribution in [0.2, 0.25) is 0 Å². The number of amides is 2. The van der Waals surface area contributed by atoms with Gasteiger partial charge in [0.2, 0.25) is 0 Å². The van der Waals surface area contributed by atoms with Crippen molar-refractivity contribution in [3.63, 3.8) is 0 Å². The Labute approximate surface area is 168 Å². The quantitative estimate of drug-likeness (QED) is 0.451. The first-order chi connectivity index (χ1) is 13.5. The van der Waals surface area contributed by atoms with Gasteiger partial charge in [-0.15, -0.1) is 0 Å². The standard InChI is InChI=1S/C19H25N3O7/c1-12(16(23)20-13-7-5-8-14(11-13)22(26)27)28-17(24)15-9-6-10-21(15)18(25)29-19(2,3)4/h5,7-8,11-12,15H,6,9-10H2,1-4H3,(H,20,23)/t12-,15+/m1/s1. The second-order valence-corrected chi connectivity index (χ2v) is 7.71. The second-order valence-electron chi connectivity index (χ2n) is 7.71. The lowest BCUT2D eigenvalue weighted by molar-refractivity contribution is -0.384. The number of esters is 1. The maximum atomic E-state index is 12.5. The fourth-order valence-corrected chi connectivity index (χ4v) is 2.80. The van der Waals surface area contributed by atoms with Crippen LogP contribution in [0.1, 0.15) is 40.5 Å². The van der Waals surface area contributed by atoms with E-state index in [1.165, 1.54) is 36.1 Å². The Balaban J connectivity index is 1.96. The molecule has 0 radical (unpaired) electrons. The maximum absolute atomic E-state index is 12.5. The molecule has 2 rings (SSSR count). The van der Waals surface area contributed by atoms with E-state index in [4.69, 9.17) is 9.47 Å². The van der Waals surface area contributed by atoms with Crippen molar-refractivity contribution in [1.29, 1.82) is 0 Å². The summed E-state index contributed by atoms with van der Waals surface area (Å²) in [6, 6.07) is 4.60. The molecule has 1 aromatic carbocycles. The number of hydrogen-bond acceptors (Lipinski definition) is 7. The van der Waals surface area contributed by atoms with Crippen LogP contribution < -0.4 is 5.32 Å². The molecule has 0 spiro atoms. The summed E-state index contributed by atoms with van der Waals surface area (Å²) in [4.78, 5) is 48.6. The van der Waals surface area contributed by atoms with Gasteiger partial charge in [-0.3, -0.25) is 19.8 Å². The monoisotopic (exact) mass is 407 g/mol. The molecule has 1 aliphatic rings. The van der Waals surface area contributed by atoms with Crippen LogP contribution in [0.4, 0.5) is 16.2 Å². The molecule has 158 valence electrons. The fraction of sp³-hybridized carbons (Fsp3) is 0.526. The topological polar surface area (TPSA) is 128 Å². The minimum absolute atomic E-state index is 0.175. The van der Waals surface area contributed by atoms with Crippen LogP contribution in [-0.4, -0.2) is 52.1 Å². The van der Waals surface area contributed by atoms with Gasteiger partial charge >= 0.3 is 12.1 Å². The third-order valence-corrected chi connectivity index (χ3v) is 4.14. The van der Waals surface area contributed by atoms with Gasteiger partial charge < -0.3 is 14.8 Å². The molecular weight excluding hydrogens is 382 g/mol. The summed E-state index contributed by atoms with van der Waals surface area (Å²) >= 11 is 0. The van der Waals surface area contributed by atoms with Crippen molar-refractivity contribution in [2.45, 2.75) is 58.3 Å². The molecule has 29 heavy (non-hydrogen) atoms. The predicted molar refractivity (Wildman–Crippen MR) is 103 cm³/mol. The largest absolute Gasteiger partial charge is 0.451 e. The first-order valence-corrected chi connectivity index (χ1v) is 9.23. The minimum Gasteiger partial charge on any atom is -0.451 e. The van der Waals surface area contributed by atoms with Crippen LogP contribution in [0.15, 0.2) is 24.3 Å². The number of nitrogens with zero attached hydrogens (tertiary/aromatic N) is 2. The van der Waals surface area contributed by atoms with Crippen molar-refractivity contribution in [2.75, 3.05) is 11.9 Å². The van der Waals surface area contributed by atoms with E-state index in [1.54, 1.807) is 20.8 Å². The van der Waals surface area contributed by atoms with Gasteiger partial charge in [0.05, 0.1) is 4.92 Å². The molecule has 0 aliphatic carbocycles. The van der Waals surface area contributed by atoms with Crippen LogP contribution >= 0.6 is 0 Å². The van der Waals surface area contributed by atoms with E-state index in [2.05, 4.69) is 5.32 Å². The van der Waals surface area contributed by atoms with Gasteiger partial charge in [0.1, 0.15) is 11.6 Å². The zero-order chi connectivity index (χ0) is 21.8. The van der Waals surface area contributed by atoms with Gasteiger partial charge in [-0.2, -0.15) is 0 Å². The molecule has 0 bridgehead atoms. The van der Waals surface area contributed by atoms with Crippen molar-refractivity contribution in [3.05, 3.63) is 34.4 Å². The lowest BCUT2D eigenvalue weighted by Crippen LogP contribution is -2.45. The SMILES string of the molecule is C[C@@H](OC(=O)[C@@H]1CCCN1C(=O)OC(C)(C)C)C(=O)Nc1cccc([N+](=O)[O-])c1. The van der Waals surface area contributed by atoms with E-state index in [1.807, 2.05) is 0 Å². The number of hydrogen-bond donors (Lipinski definition) is 1. The summed E-state index contributed by atoms with van der Waals surface area (Å²) in [5.41, 5.74) is -0.658. The maximum Gasteiger partial charge on any atom is 0.411 e. The number of nitrogens with one attached hydrogen (secondary N) is 1. The Morgan fingerprint density at radius 2 is 2.00 bits per heavy atom. The van der Waals surface area contributed by atoms with Crippen LogP contribution in [0.3, 0.4) is 0 Å². The predicted octanol–water partition coefficient (Wildman–Crippen LogP) is 2.86. The summed E-state index contributed by atoms with van der Waals surface area (Å²) < 4.78 is 10.5. The van der Waals surface area contributed by atoms with Crippen molar-refractivity contribution in [1.82, 2.24) is 4.90 Å². The number of benzene rings is 1. The number of likely N-dealkylation sites (tertiary alicyclic amines) is 1. The number of non-ortho nitro benzene ring substituents is 1. The van der Waals surface area contributed by atoms with Crippen LogP contribution in [-0.2, 0) is 19.1 Å². The van der Waals surface area contributed by atoms with Crippen LogP contribution in [0.5, 0.6) is 0 Å². The lowest BCUT2D eigenvalue weighted by atomic mass is 10.2. The van der Waals surface area contributed by atoms with Gasteiger partial charge in [-0.1, -0.05) is 6.07 Å². The smallest absolute Gasteiger partial charge is 0.411 e. The summed E-state index contributed by atoms with van der Waals surface area (Å²) in [6.07, 6.45) is -0.724. The van der Waals surface area contributed by atoms with Crippen LogP contribution in [0.25, 0.3) is 0 Å². The molecule has 1 saturated heterocycles. The normalized spacial score (nSPS) is 17.4. The molecule has 10 heteroatoms. The van der Waals surface area contributed by atoms with Gasteiger partial charge in [0.25, 0.3) is 11.6 Å². The molecule has 0 aromatic heterocycles. The molecule has 2 atom stereocenters. The number of carbonyl (C=O) groups excluding carboxylic acids is 3. The average Bonchev–Trinajstić information content (AvgIpc) is 3.10. The lowest BCUT2D eigenvalue weighted by Gasteiger charge is -2.28.